The second-order valence-electron chi connectivity index (χ2n) is 5.07. The summed E-state index contributed by atoms with van der Waals surface area (Å²) in [4.78, 5) is 2.44. The SMILES string of the molecule is CN1CCCC(CCNc2ccccc2N)C1. The Balaban J connectivity index is 1.74. The van der Waals surface area contributed by atoms with Gasteiger partial charge in [0, 0.05) is 13.1 Å². The topological polar surface area (TPSA) is 41.3 Å². The molecule has 0 spiro atoms. The molecule has 1 aromatic carbocycles. The monoisotopic (exact) mass is 233 g/mol. The number of nitrogen functional groups attached to an aromatic ring is 1. The normalized spacial score (nSPS) is 21.4. The molecule has 3 nitrogen and oxygen atoms in total. The highest BCUT2D eigenvalue weighted by Gasteiger charge is 2.16. The van der Waals surface area contributed by atoms with Crippen LogP contribution in [-0.2, 0) is 0 Å². The first kappa shape index (κ1) is 12.2. The van der Waals surface area contributed by atoms with Crippen molar-refractivity contribution in [2.45, 2.75) is 19.3 Å². The fourth-order valence-electron chi connectivity index (χ4n) is 2.58. The maximum Gasteiger partial charge on any atom is 0.0573 e. The minimum Gasteiger partial charge on any atom is -0.397 e. The Bertz CT molecular complexity index is 351. The highest BCUT2D eigenvalue weighted by atomic mass is 15.1. The molecule has 1 unspecified atom stereocenters. The number of likely N-dealkylation sites (tertiary alicyclic amines) is 1. The van der Waals surface area contributed by atoms with E-state index in [0.29, 0.717) is 0 Å². The summed E-state index contributed by atoms with van der Waals surface area (Å²) in [6, 6.07) is 7.97. The third-order valence-corrected chi connectivity index (χ3v) is 3.55. The first-order chi connectivity index (χ1) is 8.25. The van der Waals surface area contributed by atoms with E-state index in [9.17, 15) is 0 Å². The fraction of sp³-hybridized carbons (Fsp3) is 0.571. The summed E-state index contributed by atoms with van der Waals surface area (Å²) in [5.41, 5.74) is 7.80. The molecule has 1 aliphatic heterocycles. The van der Waals surface area contributed by atoms with Crippen molar-refractivity contribution in [3.05, 3.63) is 24.3 Å². The molecule has 0 radical (unpaired) electrons. The van der Waals surface area contributed by atoms with Crippen molar-refractivity contribution in [1.29, 1.82) is 0 Å². The Morgan fingerprint density at radius 3 is 3.00 bits per heavy atom. The van der Waals surface area contributed by atoms with Crippen LogP contribution in [0.15, 0.2) is 24.3 Å². The van der Waals surface area contributed by atoms with Crippen LogP contribution in [0.3, 0.4) is 0 Å². The first-order valence-corrected chi connectivity index (χ1v) is 6.52. The van der Waals surface area contributed by atoms with Crippen molar-refractivity contribution in [3.63, 3.8) is 0 Å². The van der Waals surface area contributed by atoms with Gasteiger partial charge < -0.3 is 16.0 Å². The van der Waals surface area contributed by atoms with E-state index in [0.717, 1.165) is 23.8 Å². The predicted molar refractivity (Wildman–Crippen MR) is 74.2 cm³/mol. The standard InChI is InChI=1S/C14H23N3/c1-17-10-4-5-12(11-17)8-9-16-14-7-3-2-6-13(14)15/h2-3,6-7,12,16H,4-5,8-11,15H2,1H3. The van der Waals surface area contributed by atoms with Gasteiger partial charge in [-0.25, -0.2) is 0 Å². The quantitative estimate of drug-likeness (QED) is 0.785. The van der Waals surface area contributed by atoms with E-state index in [1.165, 1.54) is 32.4 Å². The molecule has 0 saturated carbocycles. The molecule has 1 heterocycles. The molecule has 2 rings (SSSR count). The lowest BCUT2D eigenvalue weighted by Gasteiger charge is -2.29. The van der Waals surface area contributed by atoms with Crippen LogP contribution in [0.1, 0.15) is 19.3 Å². The van der Waals surface area contributed by atoms with Crippen LogP contribution in [-0.4, -0.2) is 31.6 Å². The Hall–Kier alpha value is -1.22. The average Bonchev–Trinajstić information content (AvgIpc) is 2.32. The molecule has 0 aliphatic carbocycles. The van der Waals surface area contributed by atoms with E-state index in [2.05, 4.69) is 17.3 Å². The van der Waals surface area contributed by atoms with E-state index in [1.54, 1.807) is 0 Å². The number of hydrogen-bond acceptors (Lipinski definition) is 3. The van der Waals surface area contributed by atoms with Gasteiger partial charge in [-0.05, 0) is 50.9 Å². The van der Waals surface area contributed by atoms with Gasteiger partial charge in [-0.15, -0.1) is 0 Å². The Labute approximate surface area is 104 Å². The summed E-state index contributed by atoms with van der Waals surface area (Å²) in [5, 5.41) is 3.43. The van der Waals surface area contributed by atoms with Crippen molar-refractivity contribution < 1.29 is 0 Å². The molecule has 1 saturated heterocycles. The smallest absolute Gasteiger partial charge is 0.0573 e. The van der Waals surface area contributed by atoms with Crippen LogP contribution in [0.2, 0.25) is 0 Å². The van der Waals surface area contributed by atoms with Gasteiger partial charge in [0.1, 0.15) is 0 Å². The zero-order valence-corrected chi connectivity index (χ0v) is 10.7. The van der Waals surface area contributed by atoms with E-state index in [-0.39, 0.29) is 0 Å². The van der Waals surface area contributed by atoms with Crippen molar-refractivity contribution >= 4 is 11.4 Å². The highest BCUT2D eigenvalue weighted by Crippen LogP contribution is 2.20. The molecule has 0 amide bonds. The minimum atomic E-state index is 0.839. The number of anilines is 2. The summed E-state index contributed by atoms with van der Waals surface area (Å²) in [5.74, 6) is 0.839. The Morgan fingerprint density at radius 2 is 2.24 bits per heavy atom. The zero-order valence-electron chi connectivity index (χ0n) is 10.7. The van der Waals surface area contributed by atoms with Crippen LogP contribution in [0, 0.1) is 5.92 Å². The average molecular weight is 233 g/mol. The second kappa shape index (κ2) is 5.92. The van der Waals surface area contributed by atoms with Crippen LogP contribution in [0.4, 0.5) is 11.4 Å². The number of piperidine rings is 1. The molecule has 94 valence electrons. The third-order valence-electron chi connectivity index (χ3n) is 3.55. The number of nitrogens with two attached hydrogens (primary N) is 1. The molecule has 1 aliphatic rings. The summed E-state index contributed by atoms with van der Waals surface area (Å²) >= 11 is 0. The van der Waals surface area contributed by atoms with Gasteiger partial charge in [0.25, 0.3) is 0 Å². The number of benzene rings is 1. The van der Waals surface area contributed by atoms with Crippen molar-refractivity contribution in [3.8, 4) is 0 Å². The van der Waals surface area contributed by atoms with E-state index in [4.69, 9.17) is 5.73 Å². The van der Waals surface area contributed by atoms with E-state index >= 15 is 0 Å². The maximum absolute atomic E-state index is 5.89. The lowest BCUT2D eigenvalue weighted by atomic mass is 9.95. The summed E-state index contributed by atoms with van der Waals surface area (Å²) in [6.45, 7) is 3.52. The molecular formula is C14H23N3. The van der Waals surface area contributed by atoms with E-state index < -0.39 is 0 Å². The number of rotatable bonds is 4. The fourth-order valence-corrected chi connectivity index (χ4v) is 2.58. The number of nitrogens with one attached hydrogen (secondary N) is 1. The van der Waals surface area contributed by atoms with Crippen LogP contribution in [0.25, 0.3) is 0 Å². The largest absolute Gasteiger partial charge is 0.397 e. The Morgan fingerprint density at radius 1 is 1.41 bits per heavy atom. The summed E-state index contributed by atoms with van der Waals surface area (Å²) in [7, 11) is 2.22. The molecular weight excluding hydrogens is 210 g/mol. The van der Waals surface area contributed by atoms with Crippen molar-refractivity contribution in [1.82, 2.24) is 4.90 Å². The lowest BCUT2D eigenvalue weighted by molar-refractivity contribution is 0.205. The second-order valence-corrected chi connectivity index (χ2v) is 5.07. The maximum atomic E-state index is 5.89. The molecule has 17 heavy (non-hydrogen) atoms. The van der Waals surface area contributed by atoms with Gasteiger partial charge in [0.15, 0.2) is 0 Å². The molecule has 3 heteroatoms. The van der Waals surface area contributed by atoms with Gasteiger partial charge in [0.05, 0.1) is 11.4 Å². The van der Waals surface area contributed by atoms with Gasteiger partial charge in [-0.2, -0.15) is 0 Å². The lowest BCUT2D eigenvalue weighted by Crippen LogP contribution is -2.32. The number of nitrogens with zero attached hydrogens (tertiary/aromatic N) is 1. The highest BCUT2D eigenvalue weighted by molar-refractivity contribution is 5.65. The molecule has 3 N–H and O–H groups in total. The van der Waals surface area contributed by atoms with Crippen LogP contribution in [0.5, 0.6) is 0 Å². The Kier molecular flexibility index (Phi) is 4.26. The predicted octanol–water partition coefficient (Wildman–Crippen LogP) is 2.41. The summed E-state index contributed by atoms with van der Waals surface area (Å²) in [6.07, 6.45) is 3.95. The third kappa shape index (κ3) is 3.63. The molecule has 0 aromatic heterocycles. The van der Waals surface area contributed by atoms with Gasteiger partial charge in [-0.1, -0.05) is 12.1 Å². The molecule has 1 aromatic rings. The molecule has 0 bridgehead atoms. The molecule has 1 atom stereocenters. The minimum absolute atomic E-state index is 0.839. The summed E-state index contributed by atoms with van der Waals surface area (Å²) < 4.78 is 0. The van der Waals surface area contributed by atoms with Gasteiger partial charge in [0.2, 0.25) is 0 Å². The van der Waals surface area contributed by atoms with Crippen molar-refractivity contribution in [2.75, 3.05) is 37.7 Å². The van der Waals surface area contributed by atoms with Crippen LogP contribution >= 0.6 is 0 Å². The van der Waals surface area contributed by atoms with Crippen molar-refractivity contribution in [2.24, 2.45) is 5.92 Å². The number of hydrogen-bond donors (Lipinski definition) is 2. The van der Waals surface area contributed by atoms with Gasteiger partial charge >= 0.3 is 0 Å². The molecule has 1 fully saturated rings. The van der Waals surface area contributed by atoms with E-state index in [1.807, 2.05) is 24.3 Å². The first-order valence-electron chi connectivity index (χ1n) is 6.52. The number of para-hydroxylation sites is 2. The van der Waals surface area contributed by atoms with Crippen LogP contribution < -0.4 is 11.1 Å². The zero-order chi connectivity index (χ0) is 12.1. The van der Waals surface area contributed by atoms with Gasteiger partial charge in [-0.3, -0.25) is 0 Å².